The Kier molecular flexibility index (Phi) is 4.81. The second-order valence-corrected chi connectivity index (χ2v) is 9.80. The molecule has 4 aromatic rings. The van der Waals surface area contributed by atoms with Crippen LogP contribution in [0.15, 0.2) is 46.5 Å². The van der Waals surface area contributed by atoms with Crippen molar-refractivity contribution in [1.29, 1.82) is 0 Å². The van der Waals surface area contributed by atoms with Crippen LogP contribution in [0.3, 0.4) is 0 Å². The minimum Gasteiger partial charge on any atom is -0.437 e. The van der Waals surface area contributed by atoms with Crippen molar-refractivity contribution in [3.63, 3.8) is 0 Å². The summed E-state index contributed by atoms with van der Waals surface area (Å²) in [5, 5.41) is 6.29. The van der Waals surface area contributed by atoms with E-state index in [-0.39, 0.29) is 5.75 Å². The standard InChI is InChI=1S/C21H19N5O4S2/c27-32(28)11-12-1-4-17(23-8-12)29-16-3-2-15(20-22-5-6-31-20)19-18(16)25-21(30-19)26-9-13-7-14(10-26)24-13/h1-6,8,13-14,24,32H,7,9-11H2. The normalized spacial score (nSPS) is 20.0. The number of nitrogens with zero attached hydrogens (tertiary/aromatic N) is 4. The van der Waals surface area contributed by atoms with Crippen molar-refractivity contribution in [2.45, 2.75) is 24.3 Å². The van der Waals surface area contributed by atoms with Crippen LogP contribution in [0.5, 0.6) is 11.6 Å². The Labute approximate surface area is 189 Å². The molecule has 3 aromatic heterocycles. The van der Waals surface area contributed by atoms with E-state index < -0.39 is 10.7 Å². The number of fused-ring (bicyclic) bond motifs is 3. The first kappa shape index (κ1) is 19.6. The van der Waals surface area contributed by atoms with Crippen LogP contribution < -0.4 is 15.0 Å². The van der Waals surface area contributed by atoms with Crippen LogP contribution in [-0.4, -0.2) is 48.5 Å². The predicted molar refractivity (Wildman–Crippen MR) is 121 cm³/mol. The van der Waals surface area contributed by atoms with Gasteiger partial charge in [0.1, 0.15) is 15.7 Å². The molecule has 0 radical (unpaired) electrons. The number of aromatic nitrogens is 3. The van der Waals surface area contributed by atoms with Gasteiger partial charge in [0.15, 0.2) is 16.8 Å². The Morgan fingerprint density at radius 1 is 1.19 bits per heavy atom. The van der Waals surface area contributed by atoms with E-state index in [0.29, 0.717) is 46.4 Å². The van der Waals surface area contributed by atoms with Crippen molar-refractivity contribution in [1.82, 2.24) is 20.3 Å². The summed E-state index contributed by atoms with van der Waals surface area (Å²) in [6.07, 6.45) is 4.46. The number of piperidine rings is 1. The molecule has 1 aromatic carbocycles. The molecule has 0 aliphatic carbocycles. The maximum atomic E-state index is 10.9. The van der Waals surface area contributed by atoms with E-state index >= 15 is 0 Å². The molecule has 3 fully saturated rings. The lowest BCUT2D eigenvalue weighted by molar-refractivity contribution is 0.220. The number of thiol groups is 1. The second-order valence-electron chi connectivity index (χ2n) is 7.92. The molecule has 0 spiro atoms. The summed E-state index contributed by atoms with van der Waals surface area (Å²) in [5.41, 5.74) is 2.70. The van der Waals surface area contributed by atoms with Gasteiger partial charge in [-0.25, -0.2) is 18.4 Å². The maximum absolute atomic E-state index is 10.9. The first-order valence-electron chi connectivity index (χ1n) is 10.2. The highest BCUT2D eigenvalue weighted by Gasteiger charge is 2.38. The van der Waals surface area contributed by atoms with Gasteiger partial charge in [-0.15, -0.1) is 11.3 Å². The van der Waals surface area contributed by atoms with Gasteiger partial charge in [-0.2, -0.15) is 4.98 Å². The zero-order chi connectivity index (χ0) is 21.7. The number of hydrogen-bond acceptors (Lipinski definition) is 10. The zero-order valence-electron chi connectivity index (χ0n) is 16.8. The number of anilines is 1. The highest BCUT2D eigenvalue weighted by Crippen LogP contribution is 2.39. The third kappa shape index (κ3) is 3.61. The molecule has 2 unspecified atom stereocenters. The number of ether oxygens (including phenoxy) is 1. The average Bonchev–Trinajstić information content (AvgIpc) is 3.45. The number of thiazole rings is 1. The predicted octanol–water partition coefficient (Wildman–Crippen LogP) is 2.80. The molecule has 32 heavy (non-hydrogen) atoms. The summed E-state index contributed by atoms with van der Waals surface area (Å²) in [6, 6.07) is 8.62. The summed E-state index contributed by atoms with van der Waals surface area (Å²) in [7, 11) is -2.50. The van der Waals surface area contributed by atoms with Crippen LogP contribution in [0.25, 0.3) is 21.7 Å². The zero-order valence-corrected chi connectivity index (χ0v) is 18.5. The van der Waals surface area contributed by atoms with Crippen LogP contribution in [0, 0.1) is 0 Å². The van der Waals surface area contributed by atoms with Crippen LogP contribution in [0.1, 0.15) is 12.0 Å². The molecule has 3 aliphatic heterocycles. The molecule has 7 rings (SSSR count). The van der Waals surface area contributed by atoms with Gasteiger partial charge in [0.05, 0.1) is 11.3 Å². The van der Waals surface area contributed by atoms with Crippen molar-refractivity contribution in [2.75, 3.05) is 18.0 Å². The van der Waals surface area contributed by atoms with Gasteiger partial charge in [-0.1, -0.05) is 6.07 Å². The van der Waals surface area contributed by atoms with Gasteiger partial charge in [-0.05, 0) is 24.1 Å². The fourth-order valence-corrected chi connectivity index (χ4v) is 5.36. The quantitative estimate of drug-likeness (QED) is 0.412. The summed E-state index contributed by atoms with van der Waals surface area (Å²) in [6.45, 7) is 1.72. The molecular weight excluding hydrogens is 450 g/mol. The SMILES string of the molecule is O=[SH](=O)Cc1ccc(Oc2ccc(-c3nccs3)c3oc(N4CC5CC(C4)N5)nc23)nc1. The minimum absolute atomic E-state index is 0.0469. The first-order valence-corrected chi connectivity index (χ1v) is 12.5. The fraction of sp³-hybridized carbons (Fsp3) is 0.286. The first-order chi connectivity index (χ1) is 15.6. The molecular formula is C21H19N5O4S2. The van der Waals surface area contributed by atoms with Crippen molar-refractivity contribution >= 4 is 39.2 Å². The average molecular weight is 470 g/mol. The lowest BCUT2D eigenvalue weighted by Crippen LogP contribution is -2.67. The molecule has 0 amide bonds. The number of piperazine rings is 1. The highest BCUT2D eigenvalue weighted by molar-refractivity contribution is 7.71. The Morgan fingerprint density at radius 3 is 2.72 bits per heavy atom. The Balaban J connectivity index is 1.37. The van der Waals surface area contributed by atoms with Crippen LogP contribution in [-0.2, 0) is 16.5 Å². The summed E-state index contributed by atoms with van der Waals surface area (Å²) >= 11 is 1.53. The van der Waals surface area contributed by atoms with Gasteiger partial charge in [-0.3, -0.25) is 0 Å². The van der Waals surface area contributed by atoms with E-state index in [1.165, 1.54) is 24.0 Å². The van der Waals surface area contributed by atoms with Gasteiger partial charge in [0.2, 0.25) is 5.88 Å². The van der Waals surface area contributed by atoms with Crippen molar-refractivity contribution in [3.8, 4) is 22.2 Å². The molecule has 0 saturated carbocycles. The van der Waals surface area contributed by atoms with E-state index in [1.807, 2.05) is 17.5 Å². The molecule has 3 aliphatic rings. The minimum atomic E-state index is -2.50. The number of oxazole rings is 1. The number of benzene rings is 1. The third-order valence-corrected chi connectivity index (χ3v) is 7.10. The number of rotatable bonds is 6. The number of hydrogen-bond donors (Lipinski definition) is 2. The van der Waals surface area contributed by atoms with E-state index in [0.717, 1.165) is 23.7 Å². The molecule has 2 bridgehead atoms. The van der Waals surface area contributed by atoms with Gasteiger partial charge in [0.25, 0.3) is 6.01 Å². The van der Waals surface area contributed by atoms with Gasteiger partial charge in [0, 0.05) is 49.0 Å². The third-order valence-electron chi connectivity index (χ3n) is 5.67. The second kappa shape index (κ2) is 7.84. The highest BCUT2D eigenvalue weighted by atomic mass is 32.2. The van der Waals surface area contributed by atoms with E-state index in [2.05, 4.69) is 20.2 Å². The number of nitrogens with one attached hydrogen (secondary N) is 1. The van der Waals surface area contributed by atoms with Crippen molar-refractivity contribution < 1.29 is 17.6 Å². The molecule has 3 saturated heterocycles. The summed E-state index contributed by atoms with van der Waals surface area (Å²) in [5.74, 6) is 0.825. The van der Waals surface area contributed by atoms with Crippen LogP contribution in [0.2, 0.25) is 0 Å². The smallest absolute Gasteiger partial charge is 0.298 e. The number of pyridine rings is 1. The summed E-state index contributed by atoms with van der Waals surface area (Å²) < 4.78 is 34.1. The van der Waals surface area contributed by atoms with Crippen molar-refractivity contribution in [3.05, 3.63) is 47.6 Å². The maximum Gasteiger partial charge on any atom is 0.298 e. The van der Waals surface area contributed by atoms with Gasteiger partial charge >= 0.3 is 0 Å². The Hall–Kier alpha value is -3.02. The van der Waals surface area contributed by atoms with E-state index in [9.17, 15) is 8.42 Å². The lowest BCUT2D eigenvalue weighted by Gasteiger charge is -2.47. The molecule has 164 valence electrons. The Morgan fingerprint density at radius 2 is 2.03 bits per heavy atom. The Bertz CT molecular complexity index is 1330. The summed E-state index contributed by atoms with van der Waals surface area (Å²) in [4.78, 5) is 15.6. The molecule has 9 nitrogen and oxygen atoms in total. The fourth-order valence-electron chi connectivity index (χ4n) is 4.21. The lowest BCUT2D eigenvalue weighted by atomic mass is 9.92. The van der Waals surface area contributed by atoms with E-state index in [4.69, 9.17) is 14.1 Å². The molecule has 11 heteroatoms. The molecule has 2 atom stereocenters. The monoisotopic (exact) mass is 469 g/mol. The van der Waals surface area contributed by atoms with Crippen LogP contribution >= 0.6 is 11.3 Å². The van der Waals surface area contributed by atoms with Crippen molar-refractivity contribution in [2.24, 2.45) is 0 Å². The molecule has 1 N–H and O–H groups in total. The topological polar surface area (TPSA) is 110 Å². The van der Waals surface area contributed by atoms with Crippen LogP contribution in [0.4, 0.5) is 6.01 Å². The van der Waals surface area contributed by atoms with Gasteiger partial charge < -0.3 is 19.4 Å². The molecule has 6 heterocycles. The largest absolute Gasteiger partial charge is 0.437 e. The van der Waals surface area contributed by atoms with E-state index in [1.54, 1.807) is 18.3 Å².